The Kier molecular flexibility index (Phi) is 5.26. The minimum absolute atomic E-state index is 0.180. The van der Waals surface area contributed by atoms with Crippen LogP contribution >= 0.6 is 0 Å². The molecule has 4 rings (SSSR count). The van der Waals surface area contributed by atoms with Crippen LogP contribution in [0.25, 0.3) is 0 Å². The number of amides is 2. The van der Waals surface area contributed by atoms with E-state index < -0.39 is 18.3 Å². The Bertz CT molecular complexity index is 903. The van der Waals surface area contributed by atoms with Crippen LogP contribution in [-0.2, 0) is 16.1 Å². The molecule has 2 amide bonds. The lowest BCUT2D eigenvalue weighted by Crippen LogP contribution is -2.45. The summed E-state index contributed by atoms with van der Waals surface area (Å²) in [5, 5.41) is 9.21. The number of rotatable bonds is 4. The van der Waals surface area contributed by atoms with E-state index in [1.807, 2.05) is 37.3 Å². The number of carbonyl (C=O) groups excluding carboxylic acids is 2. The molecule has 0 unspecified atom stereocenters. The van der Waals surface area contributed by atoms with Crippen molar-refractivity contribution in [2.24, 2.45) is 0 Å². The Morgan fingerprint density at radius 2 is 2.03 bits per heavy atom. The zero-order valence-corrected chi connectivity index (χ0v) is 16.0. The average molecular weight is 398 g/mol. The lowest BCUT2D eigenvalue weighted by Gasteiger charge is -2.34. The molecular formula is C21H22N2O6. The first kappa shape index (κ1) is 19.1. The van der Waals surface area contributed by atoms with E-state index in [1.54, 1.807) is 23.1 Å². The van der Waals surface area contributed by atoms with Gasteiger partial charge in [0.05, 0.1) is 30.6 Å². The number of cyclic esters (lactones) is 1. The van der Waals surface area contributed by atoms with Crippen LogP contribution in [0, 0.1) is 0 Å². The first-order valence-electron chi connectivity index (χ1n) is 9.42. The topological polar surface area (TPSA) is 88.5 Å². The number of nitrogens with zero attached hydrogens (tertiary/aromatic N) is 2. The number of hydrogen-bond donors (Lipinski definition) is 1. The molecule has 0 aromatic heterocycles. The van der Waals surface area contributed by atoms with E-state index in [0.717, 1.165) is 5.56 Å². The Hall–Kier alpha value is -3.26. The van der Waals surface area contributed by atoms with Crippen LogP contribution in [0.1, 0.15) is 12.5 Å². The Labute approximate surface area is 168 Å². The summed E-state index contributed by atoms with van der Waals surface area (Å²) in [7, 11) is 0. The quantitative estimate of drug-likeness (QED) is 0.852. The van der Waals surface area contributed by atoms with Crippen LogP contribution in [0.3, 0.4) is 0 Å². The molecule has 2 aliphatic rings. The minimum atomic E-state index is -0.552. The molecule has 1 saturated heterocycles. The predicted molar refractivity (Wildman–Crippen MR) is 105 cm³/mol. The summed E-state index contributed by atoms with van der Waals surface area (Å²) in [5.41, 5.74) is 2.07. The molecule has 2 heterocycles. The van der Waals surface area contributed by atoms with Gasteiger partial charge < -0.3 is 19.3 Å². The fraction of sp³-hybridized carbons (Fsp3) is 0.333. The van der Waals surface area contributed by atoms with Crippen LogP contribution in [0.5, 0.6) is 5.75 Å². The molecule has 29 heavy (non-hydrogen) atoms. The highest BCUT2D eigenvalue weighted by molar-refractivity contribution is 5.94. The fourth-order valence-electron chi connectivity index (χ4n) is 3.40. The lowest BCUT2D eigenvalue weighted by molar-refractivity contribution is 0.0963. The van der Waals surface area contributed by atoms with Crippen molar-refractivity contribution in [1.29, 1.82) is 0 Å². The van der Waals surface area contributed by atoms with Gasteiger partial charge in [0.2, 0.25) is 0 Å². The third kappa shape index (κ3) is 3.84. The van der Waals surface area contributed by atoms with Gasteiger partial charge in [0.15, 0.2) is 0 Å². The largest absolute Gasteiger partial charge is 0.489 e. The van der Waals surface area contributed by atoms with Gasteiger partial charge in [-0.2, -0.15) is 0 Å². The molecule has 2 atom stereocenters. The Morgan fingerprint density at radius 3 is 2.76 bits per heavy atom. The van der Waals surface area contributed by atoms with Crippen molar-refractivity contribution in [3.05, 3.63) is 54.1 Å². The van der Waals surface area contributed by atoms with Crippen molar-refractivity contribution in [3.8, 4) is 5.75 Å². The molecule has 8 nitrogen and oxygen atoms in total. The van der Waals surface area contributed by atoms with Gasteiger partial charge in [-0.15, -0.1) is 0 Å². The van der Waals surface area contributed by atoms with E-state index in [1.165, 1.54) is 4.90 Å². The van der Waals surface area contributed by atoms with E-state index in [2.05, 4.69) is 0 Å². The van der Waals surface area contributed by atoms with E-state index in [-0.39, 0.29) is 25.8 Å². The molecule has 2 aromatic rings. The summed E-state index contributed by atoms with van der Waals surface area (Å²) in [4.78, 5) is 27.8. The van der Waals surface area contributed by atoms with Crippen molar-refractivity contribution in [3.63, 3.8) is 0 Å². The summed E-state index contributed by atoms with van der Waals surface area (Å²) < 4.78 is 16.4. The number of carbonyl (C=O) groups is 2. The lowest BCUT2D eigenvalue weighted by atomic mass is 10.1. The van der Waals surface area contributed by atoms with Crippen LogP contribution < -0.4 is 14.5 Å². The highest BCUT2D eigenvalue weighted by Crippen LogP contribution is 2.38. The molecule has 2 aromatic carbocycles. The maximum Gasteiger partial charge on any atom is 0.415 e. The third-order valence-corrected chi connectivity index (χ3v) is 4.91. The van der Waals surface area contributed by atoms with Gasteiger partial charge in [0, 0.05) is 6.07 Å². The molecule has 0 aliphatic carbocycles. The maximum absolute atomic E-state index is 12.8. The number of aliphatic hydroxyl groups excluding tert-OH is 1. The summed E-state index contributed by atoms with van der Waals surface area (Å²) in [6, 6.07) is 14.4. The van der Waals surface area contributed by atoms with Crippen molar-refractivity contribution in [1.82, 2.24) is 0 Å². The second-order valence-electron chi connectivity index (χ2n) is 7.02. The summed E-state index contributed by atoms with van der Waals surface area (Å²) in [5.74, 6) is 0.484. The maximum atomic E-state index is 12.8. The minimum Gasteiger partial charge on any atom is -0.489 e. The normalized spacial score (nSPS) is 20.7. The number of fused-ring (bicyclic) bond motifs is 1. The molecule has 0 bridgehead atoms. The van der Waals surface area contributed by atoms with Gasteiger partial charge in [-0.1, -0.05) is 30.3 Å². The van der Waals surface area contributed by atoms with Gasteiger partial charge in [-0.05, 0) is 24.6 Å². The van der Waals surface area contributed by atoms with Crippen LogP contribution in [0.15, 0.2) is 48.5 Å². The number of ether oxygens (including phenoxy) is 3. The Morgan fingerprint density at radius 1 is 1.24 bits per heavy atom. The highest BCUT2D eigenvalue weighted by Gasteiger charge is 2.35. The molecular weight excluding hydrogens is 376 g/mol. The second-order valence-corrected chi connectivity index (χ2v) is 7.02. The second kappa shape index (κ2) is 8.00. The zero-order chi connectivity index (χ0) is 20.4. The summed E-state index contributed by atoms with van der Waals surface area (Å²) in [6.45, 7) is 2.39. The Balaban J connectivity index is 1.53. The average Bonchev–Trinajstić information content (AvgIpc) is 3.13. The summed E-state index contributed by atoms with van der Waals surface area (Å²) >= 11 is 0. The SMILES string of the molecule is C[C@@H]1COc2cc(N3C[C@H](CO)OC3=O)ccc2N1C(=O)OCc1ccccc1. The van der Waals surface area contributed by atoms with Gasteiger partial charge in [0.25, 0.3) is 0 Å². The van der Waals surface area contributed by atoms with Crippen LogP contribution in [0.2, 0.25) is 0 Å². The molecule has 1 N–H and O–H groups in total. The molecule has 0 saturated carbocycles. The van der Waals surface area contributed by atoms with Crippen LogP contribution in [0.4, 0.5) is 21.0 Å². The smallest absolute Gasteiger partial charge is 0.415 e. The molecule has 2 aliphatic heterocycles. The monoisotopic (exact) mass is 398 g/mol. The number of aliphatic hydroxyl groups is 1. The van der Waals surface area contributed by atoms with Crippen molar-refractivity contribution in [2.75, 3.05) is 29.6 Å². The van der Waals surface area contributed by atoms with E-state index in [0.29, 0.717) is 23.7 Å². The standard InChI is InChI=1S/C21H22N2O6/c1-14-12-27-19-9-16(22-10-17(11-24)29-20(22)25)7-8-18(19)23(14)21(26)28-13-15-5-3-2-4-6-15/h2-9,14,17,24H,10-13H2,1H3/t14-,17-/m1/s1. The number of anilines is 2. The van der Waals surface area contributed by atoms with E-state index >= 15 is 0 Å². The number of benzene rings is 2. The zero-order valence-electron chi connectivity index (χ0n) is 16.0. The van der Waals surface area contributed by atoms with Crippen molar-refractivity contribution < 1.29 is 28.9 Å². The predicted octanol–water partition coefficient (Wildman–Crippen LogP) is 2.93. The third-order valence-electron chi connectivity index (χ3n) is 4.91. The first-order chi connectivity index (χ1) is 14.1. The fourth-order valence-corrected chi connectivity index (χ4v) is 3.40. The van der Waals surface area contributed by atoms with Gasteiger partial charge in [-0.3, -0.25) is 9.80 Å². The molecule has 0 spiro atoms. The first-order valence-corrected chi connectivity index (χ1v) is 9.42. The summed E-state index contributed by atoms with van der Waals surface area (Å²) in [6.07, 6.45) is -1.53. The van der Waals surface area contributed by atoms with E-state index in [4.69, 9.17) is 14.2 Å². The van der Waals surface area contributed by atoms with Crippen molar-refractivity contribution in [2.45, 2.75) is 25.7 Å². The van der Waals surface area contributed by atoms with Crippen LogP contribution in [-0.4, -0.2) is 49.2 Å². The van der Waals surface area contributed by atoms with Gasteiger partial charge >= 0.3 is 12.2 Å². The van der Waals surface area contributed by atoms with Gasteiger partial charge in [0.1, 0.15) is 25.1 Å². The van der Waals surface area contributed by atoms with Crippen molar-refractivity contribution >= 4 is 23.6 Å². The molecule has 152 valence electrons. The van der Waals surface area contributed by atoms with Gasteiger partial charge in [-0.25, -0.2) is 9.59 Å². The molecule has 1 fully saturated rings. The molecule has 0 radical (unpaired) electrons. The van der Waals surface area contributed by atoms with E-state index in [9.17, 15) is 14.7 Å². The highest BCUT2D eigenvalue weighted by atomic mass is 16.6. The molecule has 8 heteroatoms. The number of hydrogen-bond acceptors (Lipinski definition) is 6.